The van der Waals surface area contributed by atoms with E-state index in [-0.39, 0.29) is 30.4 Å². The van der Waals surface area contributed by atoms with Gasteiger partial charge in [0.2, 0.25) is 18.2 Å². The smallest absolute Gasteiger partial charge is 0.254 e. The molecule has 3 aromatic rings. The summed E-state index contributed by atoms with van der Waals surface area (Å²) in [6.45, 7) is 5.46. The van der Waals surface area contributed by atoms with Gasteiger partial charge in [0, 0.05) is 12.6 Å². The molecule has 5 rings (SSSR count). The third kappa shape index (κ3) is 5.51. The van der Waals surface area contributed by atoms with Gasteiger partial charge in [0.1, 0.15) is 17.9 Å². The van der Waals surface area contributed by atoms with Crippen molar-refractivity contribution < 1.29 is 23.6 Å². The van der Waals surface area contributed by atoms with E-state index in [0.29, 0.717) is 37.7 Å². The molecule has 194 valence electrons. The van der Waals surface area contributed by atoms with Crippen molar-refractivity contribution in [3.63, 3.8) is 0 Å². The minimum absolute atomic E-state index is 0.000715. The number of likely N-dealkylation sites (tertiary alicyclic amines) is 2. The number of carbonyl (C=O) groups is 3. The van der Waals surface area contributed by atoms with Gasteiger partial charge in [-0.2, -0.15) is 0 Å². The maximum absolute atomic E-state index is 13.1. The average Bonchev–Trinajstić information content (AvgIpc) is 3.62. The van der Waals surface area contributed by atoms with Crippen LogP contribution in [-0.4, -0.2) is 69.9 Å². The maximum atomic E-state index is 13.1. The SMILES string of the molecule is Cc1ncsc1-c1ccc(C(C)NC(=O)C2CCCN2C(=O)Cc2cc(OC3CN(C=O)C3)no2)cc1. The second-order valence-electron chi connectivity index (χ2n) is 9.47. The molecule has 11 heteroatoms. The Labute approximate surface area is 218 Å². The first-order chi connectivity index (χ1) is 17.9. The Morgan fingerprint density at radius 2 is 2.08 bits per heavy atom. The molecule has 0 aliphatic carbocycles. The van der Waals surface area contributed by atoms with Crippen LogP contribution in [0.4, 0.5) is 0 Å². The molecule has 2 aromatic heterocycles. The van der Waals surface area contributed by atoms with Crippen molar-refractivity contribution in [1.29, 1.82) is 0 Å². The summed E-state index contributed by atoms with van der Waals surface area (Å²) in [5.74, 6) is 0.321. The molecular weight excluding hydrogens is 494 g/mol. The van der Waals surface area contributed by atoms with E-state index in [1.54, 1.807) is 27.2 Å². The fraction of sp³-hybridized carbons (Fsp3) is 0.423. The Morgan fingerprint density at radius 3 is 2.78 bits per heavy atom. The van der Waals surface area contributed by atoms with Gasteiger partial charge in [0.15, 0.2) is 0 Å². The largest absolute Gasteiger partial charge is 0.468 e. The first-order valence-corrected chi connectivity index (χ1v) is 13.2. The molecule has 10 nitrogen and oxygen atoms in total. The second-order valence-corrected chi connectivity index (χ2v) is 10.3. The highest BCUT2D eigenvalue weighted by Crippen LogP contribution is 2.28. The van der Waals surface area contributed by atoms with Gasteiger partial charge in [-0.05, 0) is 43.0 Å². The van der Waals surface area contributed by atoms with Crippen molar-refractivity contribution >= 4 is 29.6 Å². The van der Waals surface area contributed by atoms with Crippen molar-refractivity contribution in [2.45, 2.75) is 51.3 Å². The van der Waals surface area contributed by atoms with Crippen molar-refractivity contribution in [1.82, 2.24) is 25.3 Å². The first-order valence-electron chi connectivity index (χ1n) is 12.3. The van der Waals surface area contributed by atoms with E-state index in [1.165, 1.54) is 0 Å². The van der Waals surface area contributed by atoms with Crippen LogP contribution in [0.2, 0.25) is 0 Å². The van der Waals surface area contributed by atoms with Crippen molar-refractivity contribution in [3.05, 3.63) is 52.9 Å². The molecule has 2 atom stereocenters. The third-order valence-electron chi connectivity index (χ3n) is 6.83. The number of hydrogen-bond acceptors (Lipinski definition) is 8. The number of thiazole rings is 1. The number of rotatable bonds is 9. The molecule has 4 heterocycles. The van der Waals surface area contributed by atoms with Crippen LogP contribution in [0.5, 0.6) is 5.88 Å². The topological polar surface area (TPSA) is 118 Å². The van der Waals surface area contributed by atoms with E-state index in [1.807, 2.05) is 43.6 Å². The summed E-state index contributed by atoms with van der Waals surface area (Å²) in [5, 5.41) is 6.94. The summed E-state index contributed by atoms with van der Waals surface area (Å²) < 4.78 is 10.9. The highest BCUT2D eigenvalue weighted by Gasteiger charge is 2.35. The summed E-state index contributed by atoms with van der Waals surface area (Å²) in [4.78, 5) is 45.5. The number of amides is 3. The van der Waals surface area contributed by atoms with E-state index in [9.17, 15) is 14.4 Å². The predicted molar refractivity (Wildman–Crippen MR) is 136 cm³/mol. The third-order valence-corrected chi connectivity index (χ3v) is 7.81. The number of nitrogens with one attached hydrogen (secondary N) is 1. The van der Waals surface area contributed by atoms with E-state index < -0.39 is 6.04 Å². The van der Waals surface area contributed by atoms with Gasteiger partial charge in [0.25, 0.3) is 5.88 Å². The zero-order valence-corrected chi connectivity index (χ0v) is 21.6. The Hall–Kier alpha value is -3.73. The molecule has 2 aliphatic heterocycles. The average molecular weight is 524 g/mol. The molecule has 0 radical (unpaired) electrons. The van der Waals surface area contributed by atoms with Gasteiger partial charge in [-0.15, -0.1) is 11.3 Å². The van der Waals surface area contributed by atoms with Crippen LogP contribution in [0.3, 0.4) is 0 Å². The lowest BCUT2D eigenvalue weighted by molar-refractivity contribution is -0.138. The molecule has 37 heavy (non-hydrogen) atoms. The summed E-state index contributed by atoms with van der Waals surface area (Å²) in [6.07, 6.45) is 2.03. The molecule has 1 N–H and O–H groups in total. The Morgan fingerprint density at radius 1 is 1.30 bits per heavy atom. The summed E-state index contributed by atoms with van der Waals surface area (Å²) in [5.41, 5.74) is 4.94. The van der Waals surface area contributed by atoms with Crippen LogP contribution < -0.4 is 10.1 Å². The predicted octanol–water partition coefficient (Wildman–Crippen LogP) is 2.74. The number of aromatic nitrogens is 2. The minimum atomic E-state index is -0.517. The van der Waals surface area contributed by atoms with Crippen molar-refractivity contribution in [3.8, 4) is 16.3 Å². The standard InChI is InChI=1S/C26H29N5O5S/c1-16(18-5-7-19(8-6-18)25-17(2)27-14-37-25)28-26(34)22-4-3-9-31(22)24(33)11-20-10-23(29-36-20)35-21-12-30(13-21)15-32/h5-8,10,14-16,21-22H,3-4,9,11-13H2,1-2H3,(H,28,34). The van der Waals surface area contributed by atoms with Crippen molar-refractivity contribution in [2.75, 3.05) is 19.6 Å². The number of aryl methyl sites for hydroxylation is 1. The molecule has 0 saturated carbocycles. The zero-order chi connectivity index (χ0) is 25.9. The van der Waals surface area contributed by atoms with E-state index in [0.717, 1.165) is 34.5 Å². The second kappa shape index (κ2) is 10.7. The zero-order valence-electron chi connectivity index (χ0n) is 20.8. The van der Waals surface area contributed by atoms with E-state index in [2.05, 4.69) is 15.5 Å². The monoisotopic (exact) mass is 523 g/mol. The molecular formula is C26H29N5O5S. The fourth-order valence-electron chi connectivity index (χ4n) is 4.72. The number of ether oxygens (including phenoxy) is 1. The first kappa shape index (κ1) is 24.9. The summed E-state index contributed by atoms with van der Waals surface area (Å²) in [6, 6.07) is 8.99. The molecule has 0 spiro atoms. The summed E-state index contributed by atoms with van der Waals surface area (Å²) in [7, 11) is 0. The lowest BCUT2D eigenvalue weighted by atomic mass is 10.0. The minimum Gasteiger partial charge on any atom is -0.468 e. The lowest BCUT2D eigenvalue weighted by Gasteiger charge is -2.35. The van der Waals surface area contributed by atoms with Crippen LogP contribution in [0.25, 0.3) is 10.4 Å². The quantitative estimate of drug-likeness (QED) is 0.429. The van der Waals surface area contributed by atoms with Gasteiger partial charge in [-0.1, -0.05) is 24.3 Å². The van der Waals surface area contributed by atoms with Gasteiger partial charge in [-0.25, -0.2) is 4.98 Å². The van der Waals surface area contributed by atoms with E-state index in [4.69, 9.17) is 9.26 Å². The van der Waals surface area contributed by atoms with Gasteiger partial charge in [-0.3, -0.25) is 14.4 Å². The number of carbonyl (C=O) groups excluding carboxylic acids is 3. The molecule has 2 aliphatic rings. The molecule has 2 unspecified atom stereocenters. The number of hydrogen-bond donors (Lipinski definition) is 1. The Kier molecular flexibility index (Phi) is 7.22. The number of benzene rings is 1. The highest BCUT2D eigenvalue weighted by molar-refractivity contribution is 7.13. The van der Waals surface area contributed by atoms with Crippen molar-refractivity contribution in [2.24, 2.45) is 0 Å². The van der Waals surface area contributed by atoms with E-state index >= 15 is 0 Å². The highest BCUT2D eigenvalue weighted by atomic mass is 32.1. The number of nitrogens with zero attached hydrogens (tertiary/aromatic N) is 4. The van der Waals surface area contributed by atoms with Crippen LogP contribution in [-0.2, 0) is 20.8 Å². The van der Waals surface area contributed by atoms with Gasteiger partial charge < -0.3 is 24.4 Å². The van der Waals surface area contributed by atoms with Crippen LogP contribution >= 0.6 is 11.3 Å². The van der Waals surface area contributed by atoms with Crippen LogP contribution in [0, 0.1) is 6.92 Å². The Bertz CT molecular complexity index is 1270. The normalized spacial score (nSPS) is 18.4. The van der Waals surface area contributed by atoms with Gasteiger partial charge in [0.05, 0.1) is 41.6 Å². The molecule has 2 fully saturated rings. The van der Waals surface area contributed by atoms with Crippen LogP contribution in [0.15, 0.2) is 40.4 Å². The Balaban J connectivity index is 1.15. The molecule has 0 bridgehead atoms. The summed E-state index contributed by atoms with van der Waals surface area (Å²) >= 11 is 1.61. The molecule has 1 aromatic carbocycles. The maximum Gasteiger partial charge on any atom is 0.254 e. The fourth-order valence-corrected chi connectivity index (χ4v) is 5.53. The van der Waals surface area contributed by atoms with Crippen LogP contribution in [0.1, 0.15) is 42.8 Å². The molecule has 2 saturated heterocycles. The molecule has 3 amide bonds. The lowest BCUT2D eigenvalue weighted by Crippen LogP contribution is -2.52. The van der Waals surface area contributed by atoms with Gasteiger partial charge >= 0.3 is 0 Å².